The van der Waals surface area contributed by atoms with Crippen LogP contribution in [0.5, 0.6) is 5.75 Å². The number of anilines is 1. The Morgan fingerprint density at radius 2 is 1.94 bits per heavy atom. The standard InChI is InChI=1S/C23H31N3O4S2/c1-16-10-12-21(30-4)20(14-16)25-23(27)17(2)31-22-13-11-19(15-24-22)32(28,29)26(3)18-8-6-5-7-9-18/h10-15,17-18H,5-9H2,1-4H3,(H,25,27). The minimum absolute atomic E-state index is 0.0464. The van der Waals surface area contributed by atoms with E-state index in [4.69, 9.17) is 4.74 Å². The van der Waals surface area contributed by atoms with Crippen molar-refractivity contribution in [3.63, 3.8) is 0 Å². The van der Waals surface area contributed by atoms with Crippen LogP contribution in [0, 0.1) is 6.92 Å². The van der Waals surface area contributed by atoms with Gasteiger partial charge in [-0.2, -0.15) is 4.31 Å². The first kappa shape index (κ1) is 24.5. The summed E-state index contributed by atoms with van der Waals surface area (Å²) in [6.45, 7) is 3.73. The Hall–Kier alpha value is -2.10. The Balaban J connectivity index is 1.64. The summed E-state index contributed by atoms with van der Waals surface area (Å²) in [6.07, 6.45) is 6.47. The molecule has 1 aliphatic carbocycles. The van der Waals surface area contributed by atoms with E-state index in [2.05, 4.69) is 10.3 Å². The average molecular weight is 478 g/mol. The summed E-state index contributed by atoms with van der Waals surface area (Å²) in [5, 5.41) is 3.05. The van der Waals surface area contributed by atoms with Gasteiger partial charge in [0.2, 0.25) is 15.9 Å². The highest BCUT2D eigenvalue weighted by Crippen LogP contribution is 2.29. The second-order valence-corrected chi connectivity index (χ2v) is 11.5. The molecule has 1 saturated carbocycles. The van der Waals surface area contributed by atoms with Crippen molar-refractivity contribution in [2.24, 2.45) is 0 Å². The monoisotopic (exact) mass is 477 g/mol. The normalized spacial score (nSPS) is 16.0. The summed E-state index contributed by atoms with van der Waals surface area (Å²) in [5.74, 6) is 0.408. The number of ether oxygens (including phenoxy) is 1. The van der Waals surface area contributed by atoms with Gasteiger partial charge in [-0.05, 0) is 56.5 Å². The van der Waals surface area contributed by atoms with Crippen LogP contribution < -0.4 is 10.1 Å². The lowest BCUT2D eigenvalue weighted by atomic mass is 9.96. The van der Waals surface area contributed by atoms with Crippen molar-refractivity contribution in [3.05, 3.63) is 42.1 Å². The number of pyridine rings is 1. The summed E-state index contributed by atoms with van der Waals surface area (Å²) < 4.78 is 32.7. The third kappa shape index (κ3) is 5.82. The number of hydrogen-bond donors (Lipinski definition) is 1. The third-order valence-electron chi connectivity index (χ3n) is 5.75. The van der Waals surface area contributed by atoms with Crippen LogP contribution in [0.4, 0.5) is 5.69 Å². The Kier molecular flexibility index (Phi) is 8.19. The molecule has 9 heteroatoms. The van der Waals surface area contributed by atoms with Crippen LogP contribution in [-0.2, 0) is 14.8 Å². The van der Waals surface area contributed by atoms with Crippen LogP contribution in [0.2, 0.25) is 0 Å². The van der Waals surface area contributed by atoms with Gasteiger partial charge in [0.05, 0.1) is 23.1 Å². The first-order valence-corrected chi connectivity index (χ1v) is 13.1. The van der Waals surface area contributed by atoms with Crippen LogP contribution in [0.25, 0.3) is 0 Å². The van der Waals surface area contributed by atoms with Crippen LogP contribution in [0.15, 0.2) is 46.5 Å². The number of aryl methyl sites for hydroxylation is 1. The molecule has 32 heavy (non-hydrogen) atoms. The summed E-state index contributed by atoms with van der Waals surface area (Å²) in [4.78, 5) is 17.1. The van der Waals surface area contributed by atoms with E-state index in [9.17, 15) is 13.2 Å². The number of rotatable bonds is 8. The van der Waals surface area contributed by atoms with Crippen LogP contribution in [0.1, 0.15) is 44.6 Å². The van der Waals surface area contributed by atoms with E-state index in [0.29, 0.717) is 16.5 Å². The van der Waals surface area contributed by atoms with Gasteiger partial charge in [0.25, 0.3) is 0 Å². The first-order valence-electron chi connectivity index (χ1n) is 10.8. The number of hydrogen-bond acceptors (Lipinski definition) is 6. The topological polar surface area (TPSA) is 88.6 Å². The van der Waals surface area contributed by atoms with Gasteiger partial charge in [0, 0.05) is 19.3 Å². The minimum atomic E-state index is -3.58. The predicted octanol–water partition coefficient (Wildman–Crippen LogP) is 4.47. The summed E-state index contributed by atoms with van der Waals surface area (Å²) in [7, 11) is -0.372. The molecule has 1 N–H and O–H groups in total. The fourth-order valence-corrected chi connectivity index (χ4v) is 5.93. The van der Waals surface area contributed by atoms with E-state index < -0.39 is 15.3 Å². The molecule has 1 heterocycles. The van der Waals surface area contributed by atoms with Crippen molar-refractivity contribution in [2.45, 2.75) is 67.2 Å². The fraction of sp³-hybridized carbons (Fsp3) is 0.478. The molecule has 174 valence electrons. The van der Waals surface area contributed by atoms with Gasteiger partial charge in [-0.15, -0.1) is 0 Å². The number of thioether (sulfide) groups is 1. The number of nitrogens with zero attached hydrogens (tertiary/aromatic N) is 2. The van der Waals surface area contributed by atoms with Gasteiger partial charge in [0.15, 0.2) is 0 Å². The van der Waals surface area contributed by atoms with E-state index in [0.717, 1.165) is 31.2 Å². The number of carbonyl (C=O) groups is 1. The molecule has 3 rings (SSSR count). The molecular weight excluding hydrogens is 446 g/mol. The highest BCUT2D eigenvalue weighted by molar-refractivity contribution is 8.00. The Morgan fingerprint density at radius 3 is 2.56 bits per heavy atom. The number of methoxy groups -OCH3 is 1. The Morgan fingerprint density at radius 1 is 1.22 bits per heavy atom. The van der Waals surface area contributed by atoms with Gasteiger partial charge in [0.1, 0.15) is 10.6 Å². The van der Waals surface area contributed by atoms with Crippen molar-refractivity contribution >= 4 is 33.4 Å². The van der Waals surface area contributed by atoms with Crippen molar-refractivity contribution in [2.75, 3.05) is 19.5 Å². The second-order valence-electron chi connectivity index (χ2n) is 8.10. The highest BCUT2D eigenvalue weighted by atomic mass is 32.2. The molecule has 1 amide bonds. The third-order valence-corrected chi connectivity index (χ3v) is 8.70. The van der Waals surface area contributed by atoms with Crippen LogP contribution in [0.3, 0.4) is 0 Å². The van der Waals surface area contributed by atoms with E-state index in [-0.39, 0.29) is 16.8 Å². The van der Waals surface area contributed by atoms with Gasteiger partial charge in [-0.1, -0.05) is 37.1 Å². The van der Waals surface area contributed by atoms with Gasteiger partial charge < -0.3 is 10.1 Å². The molecule has 0 saturated heterocycles. The maximum Gasteiger partial charge on any atom is 0.244 e. The molecule has 1 aromatic carbocycles. The maximum atomic E-state index is 13.0. The smallest absolute Gasteiger partial charge is 0.244 e. The summed E-state index contributed by atoms with van der Waals surface area (Å²) >= 11 is 1.27. The van der Waals surface area contributed by atoms with E-state index >= 15 is 0 Å². The number of sulfonamides is 1. The molecule has 1 aliphatic rings. The molecule has 1 unspecified atom stereocenters. The number of amides is 1. The average Bonchev–Trinajstić information content (AvgIpc) is 2.79. The lowest BCUT2D eigenvalue weighted by Crippen LogP contribution is -2.38. The molecule has 0 bridgehead atoms. The lowest BCUT2D eigenvalue weighted by molar-refractivity contribution is -0.115. The number of benzene rings is 1. The molecule has 1 fully saturated rings. The minimum Gasteiger partial charge on any atom is -0.495 e. The molecule has 0 aliphatic heterocycles. The van der Waals surface area contributed by atoms with Crippen molar-refractivity contribution in [1.29, 1.82) is 0 Å². The molecule has 2 aromatic rings. The van der Waals surface area contributed by atoms with Crippen molar-refractivity contribution in [1.82, 2.24) is 9.29 Å². The van der Waals surface area contributed by atoms with E-state index in [1.807, 2.05) is 25.1 Å². The SMILES string of the molecule is COc1ccc(C)cc1NC(=O)C(C)Sc1ccc(S(=O)(=O)N(C)C2CCCCC2)cn1. The zero-order valence-corrected chi connectivity index (χ0v) is 20.6. The van der Waals surface area contributed by atoms with E-state index in [1.165, 1.54) is 28.7 Å². The highest BCUT2D eigenvalue weighted by Gasteiger charge is 2.29. The number of nitrogens with one attached hydrogen (secondary N) is 1. The molecule has 7 nitrogen and oxygen atoms in total. The zero-order valence-electron chi connectivity index (χ0n) is 19.0. The van der Waals surface area contributed by atoms with Crippen LogP contribution >= 0.6 is 11.8 Å². The maximum absolute atomic E-state index is 13.0. The number of aromatic nitrogens is 1. The van der Waals surface area contributed by atoms with Gasteiger partial charge in [-0.25, -0.2) is 13.4 Å². The van der Waals surface area contributed by atoms with Crippen LogP contribution in [-0.4, -0.2) is 49.1 Å². The molecule has 0 spiro atoms. The number of carbonyl (C=O) groups excluding carboxylic acids is 1. The quantitative estimate of drug-likeness (QED) is 0.564. The Labute approximate surface area is 195 Å². The lowest BCUT2D eigenvalue weighted by Gasteiger charge is -2.30. The Bertz CT molecular complexity index is 1040. The molecule has 0 radical (unpaired) electrons. The van der Waals surface area contributed by atoms with Crippen molar-refractivity contribution in [3.8, 4) is 5.75 Å². The van der Waals surface area contributed by atoms with Gasteiger partial charge >= 0.3 is 0 Å². The molecule has 1 aromatic heterocycles. The summed E-state index contributed by atoms with van der Waals surface area (Å²) in [5.41, 5.74) is 1.63. The first-order chi connectivity index (χ1) is 15.2. The van der Waals surface area contributed by atoms with E-state index in [1.54, 1.807) is 33.2 Å². The van der Waals surface area contributed by atoms with Crippen molar-refractivity contribution < 1.29 is 17.9 Å². The van der Waals surface area contributed by atoms with Gasteiger partial charge in [-0.3, -0.25) is 4.79 Å². The molecular formula is C23H31N3O4S2. The zero-order chi connectivity index (χ0) is 23.3. The second kappa shape index (κ2) is 10.7. The predicted molar refractivity (Wildman–Crippen MR) is 128 cm³/mol. The summed E-state index contributed by atoms with van der Waals surface area (Å²) in [6, 6.07) is 8.85. The largest absolute Gasteiger partial charge is 0.495 e. The molecule has 1 atom stereocenters. The fourth-order valence-electron chi connectivity index (χ4n) is 3.78.